The summed E-state index contributed by atoms with van der Waals surface area (Å²) in [6.07, 6.45) is 0.548. The third-order valence-corrected chi connectivity index (χ3v) is 3.82. The smallest absolute Gasteiger partial charge is 0.215 e. The summed E-state index contributed by atoms with van der Waals surface area (Å²) in [6, 6.07) is 8.41. The molecule has 0 fully saturated rings. The van der Waals surface area contributed by atoms with Crippen LogP contribution in [0.5, 0.6) is 0 Å². The molecule has 0 aliphatic carbocycles. The van der Waals surface area contributed by atoms with E-state index >= 15 is 0 Å². The molecule has 0 atom stereocenters. The molecule has 2 N–H and O–H groups in total. The van der Waals surface area contributed by atoms with E-state index in [1.54, 1.807) is 24.3 Å². The predicted molar refractivity (Wildman–Crippen MR) is 74.3 cm³/mol. The molecule has 6 nitrogen and oxygen atoms in total. The zero-order chi connectivity index (χ0) is 14.8. The maximum Gasteiger partial charge on any atom is 0.215 e. The summed E-state index contributed by atoms with van der Waals surface area (Å²) in [7, 11) is -3.38. The standard InChI is InChI=1S/C13H18N2O4S/c14-10-12-2-4-13(5-3-12)11-20(17,18)15-6-1-8-19-9-7-16/h2-5,15-16H,1,6-9,11H2. The van der Waals surface area contributed by atoms with Crippen LogP contribution in [0.25, 0.3) is 0 Å². The molecular formula is C13H18N2O4S. The van der Waals surface area contributed by atoms with Crippen LogP contribution in [0.2, 0.25) is 0 Å². The normalized spacial score (nSPS) is 11.2. The van der Waals surface area contributed by atoms with Gasteiger partial charge < -0.3 is 9.84 Å². The number of hydrogen-bond acceptors (Lipinski definition) is 5. The van der Waals surface area contributed by atoms with Crippen LogP contribution in [0, 0.1) is 11.3 Å². The van der Waals surface area contributed by atoms with Crippen molar-refractivity contribution in [2.24, 2.45) is 0 Å². The first-order chi connectivity index (χ1) is 9.57. The molecule has 0 saturated heterocycles. The topological polar surface area (TPSA) is 99.4 Å². The maximum atomic E-state index is 11.8. The lowest BCUT2D eigenvalue weighted by molar-refractivity contribution is 0.0913. The Hall–Kier alpha value is -1.46. The average Bonchev–Trinajstić information content (AvgIpc) is 2.43. The van der Waals surface area contributed by atoms with Crippen molar-refractivity contribution in [3.05, 3.63) is 35.4 Å². The molecule has 0 unspecified atom stereocenters. The number of aliphatic hydroxyl groups excluding tert-OH is 1. The molecule has 0 aliphatic heterocycles. The summed E-state index contributed by atoms with van der Waals surface area (Å²) in [6.45, 7) is 0.923. The number of nitrogens with zero attached hydrogens (tertiary/aromatic N) is 1. The second-order valence-electron chi connectivity index (χ2n) is 4.15. The van der Waals surface area contributed by atoms with Crippen molar-refractivity contribution in [3.8, 4) is 6.07 Å². The number of nitriles is 1. The fraction of sp³-hybridized carbons (Fsp3) is 0.462. The highest BCUT2D eigenvalue weighted by Crippen LogP contribution is 2.07. The van der Waals surface area contributed by atoms with Crippen molar-refractivity contribution in [3.63, 3.8) is 0 Å². The van der Waals surface area contributed by atoms with Gasteiger partial charge in [0.05, 0.1) is 30.6 Å². The Morgan fingerprint density at radius 2 is 1.95 bits per heavy atom. The molecule has 0 heterocycles. The Morgan fingerprint density at radius 3 is 2.55 bits per heavy atom. The number of hydrogen-bond donors (Lipinski definition) is 2. The molecule has 110 valence electrons. The molecule has 1 aromatic rings. The van der Waals surface area contributed by atoms with E-state index in [4.69, 9.17) is 15.1 Å². The van der Waals surface area contributed by atoms with Crippen molar-refractivity contribution in [2.45, 2.75) is 12.2 Å². The van der Waals surface area contributed by atoms with Crippen molar-refractivity contribution in [2.75, 3.05) is 26.4 Å². The fourth-order valence-electron chi connectivity index (χ4n) is 1.51. The van der Waals surface area contributed by atoms with E-state index in [0.717, 1.165) is 0 Å². The van der Waals surface area contributed by atoms with Gasteiger partial charge in [0.2, 0.25) is 10.0 Å². The Balaban J connectivity index is 2.35. The molecule has 7 heteroatoms. The lowest BCUT2D eigenvalue weighted by atomic mass is 10.2. The molecule has 1 aromatic carbocycles. The molecule has 0 saturated carbocycles. The minimum Gasteiger partial charge on any atom is -0.394 e. The maximum absolute atomic E-state index is 11.8. The first-order valence-corrected chi connectivity index (χ1v) is 7.87. The van der Waals surface area contributed by atoms with Crippen molar-refractivity contribution < 1.29 is 18.3 Å². The molecule has 1 rings (SSSR count). The fourth-order valence-corrected chi connectivity index (χ4v) is 2.70. The first kappa shape index (κ1) is 16.6. The van der Waals surface area contributed by atoms with Gasteiger partial charge in [0, 0.05) is 13.2 Å². The molecule has 0 spiro atoms. The Labute approximate surface area is 119 Å². The van der Waals surface area contributed by atoms with Gasteiger partial charge in [-0.25, -0.2) is 13.1 Å². The van der Waals surface area contributed by atoms with E-state index in [-0.39, 0.29) is 19.0 Å². The largest absolute Gasteiger partial charge is 0.394 e. The van der Waals surface area contributed by atoms with Gasteiger partial charge in [0.25, 0.3) is 0 Å². The molecular weight excluding hydrogens is 280 g/mol. The minimum absolute atomic E-state index is 0.0373. The Kier molecular flexibility index (Phi) is 7.18. The summed E-state index contributed by atoms with van der Waals surface area (Å²) in [5, 5.41) is 17.2. The van der Waals surface area contributed by atoms with Gasteiger partial charge in [-0.2, -0.15) is 5.26 Å². The van der Waals surface area contributed by atoms with Crippen LogP contribution in [0.3, 0.4) is 0 Å². The van der Waals surface area contributed by atoms with Gasteiger partial charge in [-0.15, -0.1) is 0 Å². The van der Waals surface area contributed by atoms with Crippen LogP contribution >= 0.6 is 0 Å². The van der Waals surface area contributed by atoms with Crippen LogP contribution in [-0.2, 0) is 20.5 Å². The molecule has 0 aromatic heterocycles. The predicted octanol–water partition coefficient (Wildman–Crippen LogP) is 0.377. The summed E-state index contributed by atoms with van der Waals surface area (Å²) in [5.41, 5.74) is 1.13. The van der Waals surface area contributed by atoms with E-state index in [1.165, 1.54) is 0 Å². The van der Waals surface area contributed by atoms with E-state index in [9.17, 15) is 8.42 Å². The summed E-state index contributed by atoms with van der Waals surface area (Å²) >= 11 is 0. The number of aliphatic hydroxyl groups is 1. The van der Waals surface area contributed by atoms with Gasteiger partial charge in [0.1, 0.15) is 0 Å². The van der Waals surface area contributed by atoms with Gasteiger partial charge in [0.15, 0.2) is 0 Å². The second kappa shape index (κ2) is 8.66. The number of ether oxygens (including phenoxy) is 1. The Bertz CT molecular complexity index is 534. The van der Waals surface area contributed by atoms with E-state index in [0.29, 0.717) is 30.7 Å². The average molecular weight is 298 g/mol. The zero-order valence-electron chi connectivity index (χ0n) is 11.1. The Morgan fingerprint density at radius 1 is 1.25 bits per heavy atom. The monoisotopic (exact) mass is 298 g/mol. The van der Waals surface area contributed by atoms with Gasteiger partial charge in [-0.3, -0.25) is 0 Å². The van der Waals surface area contributed by atoms with Gasteiger partial charge >= 0.3 is 0 Å². The van der Waals surface area contributed by atoms with Crippen LogP contribution in [-0.4, -0.2) is 39.9 Å². The molecule has 0 amide bonds. The number of nitrogens with one attached hydrogen (secondary N) is 1. The molecule has 0 radical (unpaired) electrons. The van der Waals surface area contributed by atoms with E-state index in [2.05, 4.69) is 4.72 Å². The highest BCUT2D eigenvalue weighted by atomic mass is 32.2. The SMILES string of the molecule is N#Cc1ccc(CS(=O)(=O)NCCCOCCO)cc1. The van der Waals surface area contributed by atoms with Crippen LogP contribution in [0.1, 0.15) is 17.5 Å². The van der Waals surface area contributed by atoms with Crippen molar-refractivity contribution >= 4 is 10.0 Å². The lowest BCUT2D eigenvalue weighted by Crippen LogP contribution is -2.27. The summed E-state index contributed by atoms with van der Waals surface area (Å²) in [4.78, 5) is 0. The number of sulfonamides is 1. The van der Waals surface area contributed by atoms with Crippen molar-refractivity contribution in [1.29, 1.82) is 5.26 Å². The third kappa shape index (κ3) is 6.63. The summed E-state index contributed by atoms with van der Waals surface area (Å²) in [5.74, 6) is -0.115. The minimum atomic E-state index is -3.38. The lowest BCUT2D eigenvalue weighted by Gasteiger charge is -2.07. The van der Waals surface area contributed by atoms with Crippen LogP contribution in [0.4, 0.5) is 0 Å². The van der Waals surface area contributed by atoms with Gasteiger partial charge in [-0.05, 0) is 24.1 Å². The van der Waals surface area contributed by atoms with Crippen molar-refractivity contribution in [1.82, 2.24) is 4.72 Å². The number of benzene rings is 1. The van der Waals surface area contributed by atoms with E-state index < -0.39 is 10.0 Å². The van der Waals surface area contributed by atoms with Gasteiger partial charge in [-0.1, -0.05) is 12.1 Å². The zero-order valence-corrected chi connectivity index (χ0v) is 11.9. The summed E-state index contributed by atoms with van der Waals surface area (Å²) < 4.78 is 31.1. The van der Waals surface area contributed by atoms with Crippen LogP contribution < -0.4 is 4.72 Å². The quantitative estimate of drug-likeness (QED) is 0.642. The highest BCUT2D eigenvalue weighted by molar-refractivity contribution is 7.88. The second-order valence-corrected chi connectivity index (χ2v) is 5.96. The molecule has 20 heavy (non-hydrogen) atoms. The third-order valence-electron chi connectivity index (χ3n) is 2.46. The highest BCUT2D eigenvalue weighted by Gasteiger charge is 2.10. The first-order valence-electron chi connectivity index (χ1n) is 6.22. The van der Waals surface area contributed by atoms with Crippen LogP contribution in [0.15, 0.2) is 24.3 Å². The molecule has 0 aliphatic rings. The van der Waals surface area contributed by atoms with E-state index in [1.807, 2.05) is 6.07 Å². The molecule has 0 bridgehead atoms. The number of rotatable bonds is 9.